The first kappa shape index (κ1) is 24.7. The van der Waals surface area contributed by atoms with E-state index in [-0.39, 0.29) is 37.0 Å². The van der Waals surface area contributed by atoms with Crippen LogP contribution < -0.4 is 0 Å². The molecule has 4 atom stereocenters. The minimum Gasteiger partial charge on any atom is -0.445 e. The van der Waals surface area contributed by atoms with Gasteiger partial charge in [0.05, 0.1) is 18.2 Å². The van der Waals surface area contributed by atoms with E-state index in [1.807, 2.05) is 77.7 Å². The summed E-state index contributed by atoms with van der Waals surface area (Å²) in [5.41, 5.74) is 3.03. The number of benzene rings is 3. The van der Waals surface area contributed by atoms with Crippen LogP contribution in [0.1, 0.15) is 55.5 Å². The number of nitrogens with zero attached hydrogens (tertiary/aromatic N) is 1. The Morgan fingerprint density at radius 3 is 2.09 bits per heavy atom. The number of carbonyl (C=O) groups excluding carboxylic acids is 1. The van der Waals surface area contributed by atoms with Crippen LogP contribution in [0.4, 0.5) is 4.79 Å². The van der Waals surface area contributed by atoms with E-state index in [4.69, 9.17) is 9.47 Å². The summed E-state index contributed by atoms with van der Waals surface area (Å²) in [6.07, 6.45) is 2.57. The topological polar surface area (TPSA) is 38.8 Å². The minimum atomic E-state index is -0.326. The normalized spacial score (nSPS) is 22.1. The number of morpholine rings is 1. The minimum absolute atomic E-state index is 0.137. The number of hydrogen-bond donors (Lipinski definition) is 0. The standard InChI is InChI=1S/C31H35NO3/c1-4-14-27-28(21-23(2)3)35-30(26-19-12-7-13-20-26)29(25-17-10-6-11-18-25)32(27)31(33)34-22-24-15-8-5-9-16-24/h4-13,15-20,23,27-30H,1,14,21-22H2,2-3H3/t27-,28-,29+,30-/m0/s1. The Hall–Kier alpha value is -3.37. The third kappa shape index (κ3) is 6.01. The third-order valence-corrected chi connectivity index (χ3v) is 6.49. The highest BCUT2D eigenvalue weighted by Gasteiger charge is 2.47. The van der Waals surface area contributed by atoms with Crippen LogP contribution >= 0.6 is 0 Å². The van der Waals surface area contributed by atoms with E-state index in [1.165, 1.54) is 0 Å². The molecule has 0 bridgehead atoms. The Morgan fingerprint density at radius 1 is 0.943 bits per heavy atom. The lowest BCUT2D eigenvalue weighted by atomic mass is 9.86. The molecule has 1 saturated heterocycles. The van der Waals surface area contributed by atoms with E-state index in [0.29, 0.717) is 12.3 Å². The van der Waals surface area contributed by atoms with Gasteiger partial charge in [-0.1, -0.05) is 111 Å². The summed E-state index contributed by atoms with van der Waals surface area (Å²) in [6.45, 7) is 8.60. The van der Waals surface area contributed by atoms with Crippen molar-refractivity contribution < 1.29 is 14.3 Å². The Labute approximate surface area is 209 Å². The van der Waals surface area contributed by atoms with Crippen LogP contribution in [0.15, 0.2) is 104 Å². The Bertz CT molecular complexity index is 1070. The molecule has 4 nitrogen and oxygen atoms in total. The summed E-state index contributed by atoms with van der Waals surface area (Å²) < 4.78 is 12.8. The lowest BCUT2D eigenvalue weighted by Gasteiger charge is -2.50. The van der Waals surface area contributed by atoms with Gasteiger partial charge in [-0.15, -0.1) is 6.58 Å². The molecule has 0 aliphatic carbocycles. The lowest BCUT2D eigenvalue weighted by Crippen LogP contribution is -2.56. The second-order valence-electron chi connectivity index (χ2n) is 9.53. The molecule has 0 spiro atoms. The van der Waals surface area contributed by atoms with Crippen molar-refractivity contribution in [1.82, 2.24) is 4.90 Å². The van der Waals surface area contributed by atoms with Gasteiger partial charge in [0.15, 0.2) is 0 Å². The molecule has 1 fully saturated rings. The second kappa shape index (κ2) is 11.9. The largest absolute Gasteiger partial charge is 0.445 e. The number of carbonyl (C=O) groups is 1. The Balaban J connectivity index is 1.77. The second-order valence-corrected chi connectivity index (χ2v) is 9.53. The van der Waals surface area contributed by atoms with E-state index in [0.717, 1.165) is 23.1 Å². The maximum Gasteiger partial charge on any atom is 0.411 e. The summed E-state index contributed by atoms with van der Waals surface area (Å²) in [4.78, 5) is 15.8. The Morgan fingerprint density at radius 2 is 1.51 bits per heavy atom. The molecule has 0 unspecified atom stereocenters. The monoisotopic (exact) mass is 469 g/mol. The number of hydrogen-bond acceptors (Lipinski definition) is 3. The molecule has 4 rings (SSSR count). The van der Waals surface area contributed by atoms with Crippen molar-refractivity contribution in [2.24, 2.45) is 5.92 Å². The van der Waals surface area contributed by atoms with Crippen molar-refractivity contribution in [2.45, 2.75) is 57.6 Å². The fraction of sp³-hybridized carbons (Fsp3) is 0.323. The molecular weight excluding hydrogens is 434 g/mol. The van der Waals surface area contributed by atoms with Crippen LogP contribution in [0.2, 0.25) is 0 Å². The smallest absolute Gasteiger partial charge is 0.411 e. The molecule has 1 heterocycles. The first-order valence-corrected chi connectivity index (χ1v) is 12.4. The maximum atomic E-state index is 13.9. The molecule has 182 valence electrons. The first-order chi connectivity index (χ1) is 17.1. The van der Waals surface area contributed by atoms with Crippen LogP contribution in [0, 0.1) is 5.92 Å². The summed E-state index contributed by atoms with van der Waals surface area (Å²) >= 11 is 0. The molecule has 1 aliphatic heterocycles. The summed E-state index contributed by atoms with van der Waals surface area (Å²) in [5.74, 6) is 0.416. The molecule has 3 aromatic carbocycles. The molecular formula is C31H35NO3. The fourth-order valence-electron chi connectivity index (χ4n) is 4.93. The number of rotatable bonds is 8. The van der Waals surface area contributed by atoms with Gasteiger partial charge in [0, 0.05) is 0 Å². The predicted octanol–water partition coefficient (Wildman–Crippen LogP) is 7.50. The van der Waals surface area contributed by atoms with Crippen LogP contribution in [-0.4, -0.2) is 23.1 Å². The average Bonchev–Trinajstić information content (AvgIpc) is 2.89. The van der Waals surface area contributed by atoms with Crippen LogP contribution in [0.5, 0.6) is 0 Å². The first-order valence-electron chi connectivity index (χ1n) is 12.4. The van der Waals surface area contributed by atoms with Crippen LogP contribution in [0.25, 0.3) is 0 Å². The van der Waals surface area contributed by atoms with Crippen molar-refractivity contribution in [3.63, 3.8) is 0 Å². The average molecular weight is 470 g/mol. The molecule has 0 saturated carbocycles. The van der Waals surface area contributed by atoms with Gasteiger partial charge in [0.2, 0.25) is 0 Å². The van der Waals surface area contributed by atoms with Gasteiger partial charge in [-0.2, -0.15) is 0 Å². The maximum absolute atomic E-state index is 13.9. The molecule has 0 radical (unpaired) electrons. The third-order valence-electron chi connectivity index (χ3n) is 6.49. The van der Waals surface area contributed by atoms with Crippen molar-refractivity contribution >= 4 is 6.09 Å². The highest BCUT2D eigenvalue weighted by atomic mass is 16.6. The van der Waals surface area contributed by atoms with E-state index in [2.05, 4.69) is 44.7 Å². The van der Waals surface area contributed by atoms with Gasteiger partial charge in [-0.05, 0) is 35.4 Å². The predicted molar refractivity (Wildman–Crippen MR) is 140 cm³/mol. The zero-order chi connectivity index (χ0) is 24.6. The van der Waals surface area contributed by atoms with Gasteiger partial charge in [0.1, 0.15) is 12.7 Å². The lowest BCUT2D eigenvalue weighted by molar-refractivity contribution is -0.153. The van der Waals surface area contributed by atoms with E-state index in [1.54, 1.807) is 0 Å². The summed E-state index contributed by atoms with van der Waals surface area (Å²) in [6, 6.07) is 29.6. The highest BCUT2D eigenvalue weighted by molar-refractivity contribution is 5.69. The van der Waals surface area contributed by atoms with Crippen molar-refractivity contribution in [1.29, 1.82) is 0 Å². The zero-order valence-corrected chi connectivity index (χ0v) is 20.6. The van der Waals surface area contributed by atoms with Crippen molar-refractivity contribution in [3.05, 3.63) is 120 Å². The molecule has 4 heteroatoms. The van der Waals surface area contributed by atoms with Crippen LogP contribution in [-0.2, 0) is 16.1 Å². The summed E-state index contributed by atoms with van der Waals surface area (Å²) in [7, 11) is 0. The Kier molecular flexibility index (Phi) is 8.38. The van der Waals surface area contributed by atoms with E-state index >= 15 is 0 Å². The quantitative estimate of drug-likeness (QED) is 0.321. The molecule has 1 amide bonds. The van der Waals surface area contributed by atoms with Gasteiger partial charge >= 0.3 is 6.09 Å². The molecule has 35 heavy (non-hydrogen) atoms. The van der Waals surface area contributed by atoms with E-state index < -0.39 is 0 Å². The van der Waals surface area contributed by atoms with Gasteiger partial charge in [0.25, 0.3) is 0 Å². The van der Waals surface area contributed by atoms with Crippen LogP contribution in [0.3, 0.4) is 0 Å². The number of amides is 1. The van der Waals surface area contributed by atoms with Crippen molar-refractivity contribution in [2.75, 3.05) is 0 Å². The van der Waals surface area contributed by atoms with Gasteiger partial charge in [-0.25, -0.2) is 4.79 Å². The highest BCUT2D eigenvalue weighted by Crippen LogP contribution is 2.46. The molecule has 0 N–H and O–H groups in total. The summed E-state index contributed by atoms with van der Waals surface area (Å²) in [5, 5.41) is 0. The fourth-order valence-corrected chi connectivity index (χ4v) is 4.93. The molecule has 3 aromatic rings. The van der Waals surface area contributed by atoms with Gasteiger partial charge in [-0.3, -0.25) is 4.90 Å². The number of ether oxygens (including phenoxy) is 2. The SMILES string of the molecule is C=CC[C@H]1[C@H](CC(C)C)O[C@@H](c2ccccc2)[C@@H](c2ccccc2)N1C(=O)OCc1ccccc1. The van der Waals surface area contributed by atoms with Crippen molar-refractivity contribution in [3.8, 4) is 0 Å². The molecule has 0 aromatic heterocycles. The molecule has 1 aliphatic rings. The van der Waals surface area contributed by atoms with E-state index in [9.17, 15) is 4.79 Å². The van der Waals surface area contributed by atoms with Gasteiger partial charge < -0.3 is 9.47 Å². The zero-order valence-electron chi connectivity index (χ0n) is 20.6.